The lowest BCUT2D eigenvalue weighted by Gasteiger charge is -2.43. The summed E-state index contributed by atoms with van der Waals surface area (Å²) in [6.07, 6.45) is 18.9. The Morgan fingerprint density at radius 2 is 1.05 bits per heavy atom. The number of rotatable bonds is 6. The van der Waals surface area contributed by atoms with E-state index in [1.54, 1.807) is 0 Å². The highest BCUT2D eigenvalue weighted by atomic mass is 16.1. The van der Waals surface area contributed by atoms with E-state index in [-0.39, 0.29) is 0 Å². The van der Waals surface area contributed by atoms with Crippen molar-refractivity contribution in [3.8, 4) is 0 Å². The molecule has 0 spiro atoms. The average molecular weight is 303 g/mol. The Balaban J connectivity index is 1.17. The molecule has 4 bridgehead atoms. The highest BCUT2D eigenvalue weighted by molar-refractivity contribution is 5.78. The molecule has 0 aromatic rings. The number of ketones is 1. The number of hydrogen-bond donors (Lipinski definition) is 0. The van der Waals surface area contributed by atoms with Gasteiger partial charge >= 0.3 is 0 Å². The molecule has 0 radical (unpaired) electrons. The van der Waals surface area contributed by atoms with Crippen molar-refractivity contribution in [1.29, 1.82) is 0 Å². The maximum absolute atomic E-state index is 12.3. The van der Waals surface area contributed by atoms with Crippen LogP contribution in [-0.2, 0) is 4.79 Å². The highest BCUT2D eigenvalue weighted by Gasteiger charge is 2.36. The molecular formula is C21H34O. The van der Waals surface area contributed by atoms with Gasteiger partial charge < -0.3 is 0 Å². The molecule has 0 aliphatic heterocycles. The SMILES string of the molecule is O=C(CCC1CC2CCC1CC2)CCC1CC2CCC1CC2. The first-order chi connectivity index (χ1) is 10.8. The largest absolute Gasteiger partial charge is 0.300 e. The zero-order valence-corrected chi connectivity index (χ0v) is 14.3. The molecule has 6 saturated carbocycles. The Morgan fingerprint density at radius 3 is 1.36 bits per heavy atom. The van der Waals surface area contributed by atoms with Crippen LogP contribution in [0.1, 0.15) is 89.9 Å². The van der Waals surface area contributed by atoms with Gasteiger partial charge in [-0.25, -0.2) is 0 Å². The fraction of sp³-hybridized carbons (Fsp3) is 0.952. The second kappa shape index (κ2) is 6.65. The summed E-state index contributed by atoms with van der Waals surface area (Å²) in [6.45, 7) is 0. The first-order valence-corrected chi connectivity index (χ1v) is 10.3. The van der Waals surface area contributed by atoms with Gasteiger partial charge in [-0.15, -0.1) is 0 Å². The molecule has 0 amide bonds. The number of carbonyl (C=O) groups is 1. The summed E-state index contributed by atoms with van der Waals surface area (Å²) < 4.78 is 0. The van der Waals surface area contributed by atoms with Gasteiger partial charge in [0.15, 0.2) is 0 Å². The molecule has 0 aromatic carbocycles. The third kappa shape index (κ3) is 3.29. The van der Waals surface area contributed by atoms with E-state index in [0.29, 0.717) is 5.78 Å². The van der Waals surface area contributed by atoms with E-state index in [1.807, 2.05) is 0 Å². The Kier molecular flexibility index (Phi) is 4.60. The number of hydrogen-bond acceptors (Lipinski definition) is 1. The number of carbonyl (C=O) groups excluding carboxylic acids is 1. The molecule has 0 saturated heterocycles. The molecule has 2 atom stereocenters. The summed E-state index contributed by atoms with van der Waals surface area (Å²) in [7, 11) is 0. The number of fused-ring (bicyclic) bond motifs is 6. The second-order valence-corrected chi connectivity index (χ2v) is 9.17. The van der Waals surface area contributed by atoms with Crippen LogP contribution in [0, 0.1) is 35.5 Å². The van der Waals surface area contributed by atoms with Gasteiger partial charge in [0.1, 0.15) is 5.78 Å². The maximum Gasteiger partial charge on any atom is 0.132 e. The van der Waals surface area contributed by atoms with Crippen molar-refractivity contribution < 1.29 is 4.79 Å². The van der Waals surface area contributed by atoms with Crippen LogP contribution < -0.4 is 0 Å². The van der Waals surface area contributed by atoms with Crippen LogP contribution in [0.4, 0.5) is 0 Å². The van der Waals surface area contributed by atoms with E-state index < -0.39 is 0 Å². The predicted octanol–water partition coefficient (Wildman–Crippen LogP) is 5.77. The minimum absolute atomic E-state index is 0.586. The molecule has 0 N–H and O–H groups in total. The van der Waals surface area contributed by atoms with E-state index in [4.69, 9.17) is 0 Å². The maximum atomic E-state index is 12.3. The van der Waals surface area contributed by atoms with Gasteiger partial charge in [-0.05, 0) is 86.9 Å². The summed E-state index contributed by atoms with van der Waals surface area (Å²) in [5, 5.41) is 0. The Labute approximate surface area is 136 Å². The highest BCUT2D eigenvalue weighted by Crippen LogP contribution is 2.48. The lowest BCUT2D eigenvalue weighted by atomic mass is 9.63. The molecule has 0 heterocycles. The molecule has 6 aliphatic carbocycles. The van der Waals surface area contributed by atoms with E-state index >= 15 is 0 Å². The average Bonchev–Trinajstić information content (AvgIpc) is 2.60. The quantitative estimate of drug-likeness (QED) is 0.609. The van der Waals surface area contributed by atoms with E-state index in [9.17, 15) is 4.79 Å². The molecule has 6 fully saturated rings. The Bertz CT molecular complexity index is 349. The lowest BCUT2D eigenvalue weighted by Crippen LogP contribution is -2.32. The van der Waals surface area contributed by atoms with Crippen LogP contribution in [0.25, 0.3) is 0 Å². The molecule has 2 unspecified atom stereocenters. The van der Waals surface area contributed by atoms with Gasteiger partial charge in [0.05, 0.1) is 0 Å². The van der Waals surface area contributed by atoms with Crippen molar-refractivity contribution in [2.45, 2.75) is 89.9 Å². The molecule has 124 valence electrons. The molecule has 6 aliphatic rings. The van der Waals surface area contributed by atoms with E-state index in [2.05, 4.69) is 0 Å². The van der Waals surface area contributed by atoms with Crippen molar-refractivity contribution >= 4 is 5.78 Å². The van der Waals surface area contributed by atoms with Crippen molar-refractivity contribution in [3.63, 3.8) is 0 Å². The zero-order valence-electron chi connectivity index (χ0n) is 14.3. The molecule has 1 nitrogen and oxygen atoms in total. The van der Waals surface area contributed by atoms with Crippen molar-refractivity contribution in [3.05, 3.63) is 0 Å². The van der Waals surface area contributed by atoms with Crippen LogP contribution in [0.5, 0.6) is 0 Å². The summed E-state index contributed by atoms with van der Waals surface area (Å²) in [4.78, 5) is 12.3. The Morgan fingerprint density at radius 1 is 0.636 bits per heavy atom. The lowest BCUT2D eigenvalue weighted by molar-refractivity contribution is -0.120. The topological polar surface area (TPSA) is 17.1 Å². The van der Waals surface area contributed by atoms with Gasteiger partial charge in [-0.2, -0.15) is 0 Å². The minimum Gasteiger partial charge on any atom is -0.300 e. The number of Topliss-reactive ketones (excluding diaryl/α,β-unsaturated/α-hetero) is 1. The monoisotopic (exact) mass is 302 g/mol. The molecule has 1 heteroatoms. The van der Waals surface area contributed by atoms with Crippen LogP contribution in [0.2, 0.25) is 0 Å². The molecular weight excluding hydrogens is 268 g/mol. The van der Waals surface area contributed by atoms with Crippen LogP contribution in [-0.4, -0.2) is 5.78 Å². The van der Waals surface area contributed by atoms with Crippen LogP contribution in [0.15, 0.2) is 0 Å². The first kappa shape index (κ1) is 15.2. The zero-order chi connectivity index (χ0) is 14.9. The predicted molar refractivity (Wildman–Crippen MR) is 90.6 cm³/mol. The van der Waals surface area contributed by atoms with Gasteiger partial charge in [0.2, 0.25) is 0 Å². The van der Waals surface area contributed by atoms with E-state index in [1.165, 1.54) is 77.0 Å². The normalized spacial score (nSPS) is 43.5. The van der Waals surface area contributed by atoms with Crippen molar-refractivity contribution in [1.82, 2.24) is 0 Å². The standard InChI is InChI=1S/C21H34O/c22-21(11-9-19-13-15-1-5-17(19)6-2-15)12-10-20-14-16-3-7-18(20)8-4-16/h15-20H,1-14H2. The summed E-state index contributed by atoms with van der Waals surface area (Å²) in [6, 6.07) is 0. The fourth-order valence-electron chi connectivity index (χ4n) is 6.56. The van der Waals surface area contributed by atoms with Crippen LogP contribution >= 0.6 is 0 Å². The van der Waals surface area contributed by atoms with Crippen LogP contribution in [0.3, 0.4) is 0 Å². The van der Waals surface area contributed by atoms with Crippen molar-refractivity contribution in [2.24, 2.45) is 35.5 Å². The summed E-state index contributed by atoms with van der Waals surface area (Å²) in [5.74, 6) is 6.39. The minimum atomic E-state index is 0.586. The van der Waals surface area contributed by atoms with Gasteiger partial charge in [0, 0.05) is 12.8 Å². The van der Waals surface area contributed by atoms with Gasteiger partial charge in [0.25, 0.3) is 0 Å². The third-order valence-corrected chi connectivity index (χ3v) is 7.98. The molecule has 22 heavy (non-hydrogen) atoms. The Hall–Kier alpha value is -0.330. The third-order valence-electron chi connectivity index (χ3n) is 7.98. The second-order valence-electron chi connectivity index (χ2n) is 9.17. The van der Waals surface area contributed by atoms with Gasteiger partial charge in [-0.3, -0.25) is 4.79 Å². The summed E-state index contributed by atoms with van der Waals surface area (Å²) >= 11 is 0. The smallest absolute Gasteiger partial charge is 0.132 e. The summed E-state index contributed by atoms with van der Waals surface area (Å²) in [5.41, 5.74) is 0. The van der Waals surface area contributed by atoms with Gasteiger partial charge in [-0.1, -0.05) is 25.7 Å². The molecule has 6 rings (SSSR count). The van der Waals surface area contributed by atoms with Crippen molar-refractivity contribution in [2.75, 3.05) is 0 Å². The molecule has 0 aromatic heterocycles. The first-order valence-electron chi connectivity index (χ1n) is 10.3. The fourth-order valence-corrected chi connectivity index (χ4v) is 6.56. The van der Waals surface area contributed by atoms with E-state index in [0.717, 1.165) is 48.3 Å².